The Hall–Kier alpha value is -0.240. The first kappa shape index (κ1) is 30.2. The fourth-order valence-corrected chi connectivity index (χ4v) is 10.9. The van der Waals surface area contributed by atoms with Crippen LogP contribution in [0.2, 0.25) is 0 Å². The third kappa shape index (κ3) is 5.16. The molecule has 1 heterocycles. The summed E-state index contributed by atoms with van der Waals surface area (Å²) >= 11 is 0. The van der Waals surface area contributed by atoms with Gasteiger partial charge in [0.25, 0.3) is 0 Å². The van der Waals surface area contributed by atoms with Crippen molar-refractivity contribution in [2.45, 2.75) is 142 Å². The van der Waals surface area contributed by atoms with Gasteiger partial charge >= 0.3 is 0 Å². The average molecular weight is 551 g/mol. The molecule has 0 aromatic heterocycles. The third-order valence-electron chi connectivity index (χ3n) is 13.1. The molecule has 1 saturated heterocycles. The largest absolute Gasteiger partial charge is 0.394 e. The van der Waals surface area contributed by atoms with Gasteiger partial charge in [-0.2, -0.15) is 0 Å². The molecule has 4 saturated carbocycles. The van der Waals surface area contributed by atoms with Crippen LogP contribution in [0.4, 0.5) is 0 Å². The second kappa shape index (κ2) is 11.4. The molecule has 0 amide bonds. The normalized spacial score (nSPS) is 50.5. The number of fused-ring (bicyclic) bond motifs is 5. The van der Waals surface area contributed by atoms with Crippen molar-refractivity contribution >= 4 is 0 Å². The average Bonchev–Trinajstić information content (AvgIpc) is 3.38. The van der Waals surface area contributed by atoms with E-state index in [1.807, 2.05) is 0 Å². The molecule has 226 valence electrons. The molecule has 6 heteroatoms. The van der Waals surface area contributed by atoms with Crippen molar-refractivity contribution in [3.8, 4) is 0 Å². The summed E-state index contributed by atoms with van der Waals surface area (Å²) in [6.45, 7) is 11.5. The van der Waals surface area contributed by atoms with Crippen LogP contribution in [-0.2, 0) is 9.47 Å². The minimum atomic E-state index is -1.65. The van der Waals surface area contributed by atoms with Crippen LogP contribution in [0.25, 0.3) is 0 Å². The number of aliphatic hydroxyl groups excluding tert-OH is 4. The van der Waals surface area contributed by atoms with Gasteiger partial charge in [-0.1, -0.05) is 53.9 Å². The zero-order chi connectivity index (χ0) is 28.2. The first-order valence-electron chi connectivity index (χ1n) is 16.4. The molecule has 0 unspecified atom stereocenters. The molecule has 5 fully saturated rings. The van der Waals surface area contributed by atoms with Crippen LogP contribution in [0.1, 0.15) is 112 Å². The summed E-state index contributed by atoms with van der Waals surface area (Å²) in [7, 11) is 0. The fraction of sp³-hybridized carbons (Fsp3) is 1.00. The zero-order valence-electron chi connectivity index (χ0n) is 25.4. The summed E-state index contributed by atoms with van der Waals surface area (Å²) in [4.78, 5) is 0. The highest BCUT2D eigenvalue weighted by atomic mass is 16.7. The second-order valence-corrected chi connectivity index (χ2v) is 15.4. The minimum Gasteiger partial charge on any atom is -0.394 e. The molecule has 1 aliphatic heterocycles. The number of hydrogen-bond acceptors (Lipinski definition) is 6. The topological polar surface area (TPSA) is 99.4 Å². The van der Waals surface area contributed by atoms with Crippen LogP contribution < -0.4 is 0 Å². The number of hydrogen-bond donors (Lipinski definition) is 4. The molecule has 6 nitrogen and oxygen atoms in total. The molecule has 4 N–H and O–H groups in total. The molecular weight excluding hydrogens is 492 g/mol. The Morgan fingerprint density at radius 2 is 1.59 bits per heavy atom. The lowest BCUT2D eigenvalue weighted by molar-refractivity contribution is -0.303. The first-order valence-corrected chi connectivity index (χ1v) is 16.4. The van der Waals surface area contributed by atoms with Crippen molar-refractivity contribution in [1.29, 1.82) is 0 Å². The van der Waals surface area contributed by atoms with Gasteiger partial charge in [0, 0.05) is 0 Å². The van der Waals surface area contributed by atoms with Gasteiger partial charge in [0.05, 0.1) is 12.7 Å². The molecule has 0 aromatic carbocycles. The van der Waals surface area contributed by atoms with E-state index in [0.717, 1.165) is 54.8 Å². The van der Waals surface area contributed by atoms with E-state index < -0.39 is 37.3 Å². The molecular formula is C33H58O6. The second-order valence-electron chi connectivity index (χ2n) is 15.4. The van der Waals surface area contributed by atoms with E-state index in [9.17, 15) is 20.4 Å². The van der Waals surface area contributed by atoms with Crippen molar-refractivity contribution in [2.75, 3.05) is 13.2 Å². The van der Waals surface area contributed by atoms with Crippen LogP contribution in [0, 0.1) is 52.3 Å². The van der Waals surface area contributed by atoms with Crippen molar-refractivity contribution in [2.24, 2.45) is 52.3 Å². The maximum atomic E-state index is 10.7. The van der Waals surface area contributed by atoms with Crippen molar-refractivity contribution in [3.63, 3.8) is 0 Å². The lowest BCUT2D eigenvalue weighted by Crippen LogP contribution is -2.56. The highest BCUT2D eigenvalue weighted by Crippen LogP contribution is 2.68. The van der Waals surface area contributed by atoms with Gasteiger partial charge in [0.2, 0.25) is 5.79 Å². The molecule has 0 spiro atoms. The molecule has 0 aromatic rings. The summed E-state index contributed by atoms with van der Waals surface area (Å²) in [6, 6.07) is 0. The quantitative estimate of drug-likeness (QED) is 0.311. The Morgan fingerprint density at radius 1 is 0.872 bits per heavy atom. The summed E-state index contributed by atoms with van der Waals surface area (Å²) < 4.78 is 12.0. The van der Waals surface area contributed by atoms with Gasteiger partial charge in [-0.3, -0.25) is 0 Å². The smallest absolute Gasteiger partial charge is 0.221 e. The van der Waals surface area contributed by atoms with E-state index in [2.05, 4.69) is 34.6 Å². The third-order valence-corrected chi connectivity index (χ3v) is 13.1. The predicted molar refractivity (Wildman–Crippen MR) is 152 cm³/mol. The Balaban J connectivity index is 1.23. The van der Waals surface area contributed by atoms with Gasteiger partial charge in [-0.15, -0.1) is 0 Å². The maximum absolute atomic E-state index is 10.7. The molecule has 0 bridgehead atoms. The Bertz CT molecular complexity index is 835. The molecule has 13 atom stereocenters. The number of aliphatic hydroxyl groups is 4. The summed E-state index contributed by atoms with van der Waals surface area (Å²) in [5.74, 6) is 3.95. The van der Waals surface area contributed by atoms with Gasteiger partial charge < -0.3 is 29.9 Å². The summed E-state index contributed by atoms with van der Waals surface area (Å²) in [5, 5.41) is 40.6. The van der Waals surface area contributed by atoms with Crippen LogP contribution in [-0.4, -0.2) is 63.8 Å². The lowest BCUT2D eigenvalue weighted by atomic mass is 9.44. The number of rotatable bonds is 9. The van der Waals surface area contributed by atoms with Gasteiger partial charge in [0.1, 0.15) is 24.9 Å². The Morgan fingerprint density at radius 3 is 2.26 bits per heavy atom. The molecule has 5 rings (SSSR count). The predicted octanol–water partition coefficient (Wildman–Crippen LogP) is 5.29. The van der Waals surface area contributed by atoms with Crippen LogP contribution in [0.15, 0.2) is 0 Å². The summed E-state index contributed by atoms with van der Waals surface area (Å²) in [6.07, 6.45) is 11.5. The maximum Gasteiger partial charge on any atom is 0.221 e. The standard InChI is InChI=1S/C33H58O6/c1-20(2)7-6-8-21(3)25-11-12-26-24-10-9-22-17-23(13-15-31(22,4)27(24)14-16-32(25,26)5)38-33(19-35)30(37)29(36)28(18-34)39-33/h20-30,34-37H,6-19H2,1-5H3/t21-,22+,23-,24+,25-,26+,27+,28+,29+,30-,31+,32-,33+/m1/s1. The Labute approximate surface area is 237 Å². The van der Waals surface area contributed by atoms with Crippen molar-refractivity contribution < 1.29 is 29.9 Å². The van der Waals surface area contributed by atoms with Crippen LogP contribution in [0.5, 0.6) is 0 Å². The van der Waals surface area contributed by atoms with Gasteiger partial charge in [0.15, 0.2) is 0 Å². The molecule has 0 radical (unpaired) electrons. The molecule has 5 aliphatic rings. The zero-order valence-corrected chi connectivity index (χ0v) is 25.4. The van der Waals surface area contributed by atoms with Crippen LogP contribution >= 0.6 is 0 Å². The minimum absolute atomic E-state index is 0.123. The first-order chi connectivity index (χ1) is 18.5. The Kier molecular flexibility index (Phi) is 8.87. The van der Waals surface area contributed by atoms with Crippen molar-refractivity contribution in [3.05, 3.63) is 0 Å². The van der Waals surface area contributed by atoms with Crippen LogP contribution in [0.3, 0.4) is 0 Å². The van der Waals surface area contributed by atoms with E-state index in [-0.39, 0.29) is 6.10 Å². The van der Waals surface area contributed by atoms with Crippen molar-refractivity contribution in [1.82, 2.24) is 0 Å². The monoisotopic (exact) mass is 550 g/mol. The SMILES string of the molecule is CC(C)CCC[C@@H](C)[C@H]1CC[C@H]2[C@@H]3CC[C@H]4C[C@H](O[C@@]5(CO)O[C@@H](CO)[C@H](O)[C@H]5O)CC[C@]4(C)[C@H]3CC[C@]12C. The molecule has 39 heavy (non-hydrogen) atoms. The number of ether oxygens (including phenoxy) is 2. The lowest BCUT2D eigenvalue weighted by Gasteiger charge is -2.61. The van der Waals surface area contributed by atoms with E-state index in [4.69, 9.17) is 9.47 Å². The van der Waals surface area contributed by atoms with E-state index >= 15 is 0 Å². The highest BCUT2D eigenvalue weighted by Gasteiger charge is 2.62. The fourth-order valence-electron chi connectivity index (χ4n) is 10.9. The van der Waals surface area contributed by atoms with Gasteiger partial charge in [-0.25, -0.2) is 0 Å². The van der Waals surface area contributed by atoms with E-state index in [0.29, 0.717) is 16.7 Å². The van der Waals surface area contributed by atoms with E-state index in [1.165, 1.54) is 57.8 Å². The summed E-state index contributed by atoms with van der Waals surface area (Å²) in [5.41, 5.74) is 0.829. The van der Waals surface area contributed by atoms with Gasteiger partial charge in [-0.05, 0) is 110 Å². The van der Waals surface area contributed by atoms with E-state index in [1.54, 1.807) is 0 Å². The molecule has 4 aliphatic carbocycles. The highest BCUT2D eigenvalue weighted by molar-refractivity contribution is 5.10.